The molecule has 1 aromatic carbocycles. The predicted molar refractivity (Wildman–Crippen MR) is 70.0 cm³/mol. The van der Waals surface area contributed by atoms with Crippen molar-refractivity contribution in [1.29, 1.82) is 0 Å². The molecule has 1 unspecified atom stereocenters. The number of nitrogens with one attached hydrogen (secondary N) is 1. The van der Waals surface area contributed by atoms with Crippen LogP contribution in [0.2, 0.25) is 0 Å². The molecule has 2 rings (SSSR count). The fraction of sp³-hybridized carbons (Fsp3) is 0.286. The van der Waals surface area contributed by atoms with Crippen molar-refractivity contribution in [2.75, 3.05) is 5.32 Å². The monoisotopic (exact) mass is 227 g/mol. The largest absolute Gasteiger partial charge is 0.377 e. The van der Waals surface area contributed by atoms with E-state index in [9.17, 15) is 0 Å². The highest BCUT2D eigenvalue weighted by Crippen LogP contribution is 2.21. The molecule has 0 aliphatic rings. The van der Waals surface area contributed by atoms with E-state index >= 15 is 0 Å². The summed E-state index contributed by atoms with van der Waals surface area (Å²) in [6.07, 6.45) is 5.20. The molecule has 1 atom stereocenters. The van der Waals surface area contributed by atoms with Crippen molar-refractivity contribution in [3.8, 4) is 0 Å². The molecule has 2 aromatic rings. The van der Waals surface area contributed by atoms with Gasteiger partial charge in [0.2, 0.25) is 0 Å². The first-order valence-electron chi connectivity index (χ1n) is 5.76. The Morgan fingerprint density at radius 1 is 1.18 bits per heavy atom. The van der Waals surface area contributed by atoms with Crippen LogP contribution in [0.25, 0.3) is 0 Å². The average molecular weight is 227 g/mol. The smallest absolute Gasteiger partial charge is 0.0806 e. The van der Waals surface area contributed by atoms with Gasteiger partial charge < -0.3 is 5.32 Å². The van der Waals surface area contributed by atoms with E-state index in [0.717, 1.165) is 11.4 Å². The molecule has 1 N–H and O–H groups in total. The third-order valence-electron chi connectivity index (χ3n) is 2.79. The lowest BCUT2D eigenvalue weighted by Gasteiger charge is -2.16. The van der Waals surface area contributed by atoms with Crippen LogP contribution in [-0.4, -0.2) is 9.97 Å². The molecule has 0 saturated heterocycles. The maximum atomic E-state index is 4.30. The minimum absolute atomic E-state index is 0.157. The summed E-state index contributed by atoms with van der Waals surface area (Å²) in [6, 6.07) is 6.56. The molecule has 3 nitrogen and oxygen atoms in total. The average Bonchev–Trinajstić information content (AvgIpc) is 2.35. The molecule has 17 heavy (non-hydrogen) atoms. The second-order valence-electron chi connectivity index (χ2n) is 4.31. The Morgan fingerprint density at radius 3 is 2.71 bits per heavy atom. The van der Waals surface area contributed by atoms with Crippen LogP contribution >= 0.6 is 0 Å². The molecule has 0 spiro atoms. The van der Waals surface area contributed by atoms with Gasteiger partial charge in [0.25, 0.3) is 0 Å². The fourth-order valence-corrected chi connectivity index (χ4v) is 1.73. The molecule has 0 aliphatic carbocycles. The molecule has 1 heterocycles. The van der Waals surface area contributed by atoms with Gasteiger partial charge in [0.1, 0.15) is 0 Å². The maximum absolute atomic E-state index is 4.30. The van der Waals surface area contributed by atoms with E-state index in [-0.39, 0.29) is 6.04 Å². The molecular weight excluding hydrogens is 210 g/mol. The van der Waals surface area contributed by atoms with Crippen LogP contribution in [0, 0.1) is 13.8 Å². The van der Waals surface area contributed by atoms with E-state index in [1.165, 1.54) is 11.1 Å². The highest BCUT2D eigenvalue weighted by molar-refractivity contribution is 5.53. The van der Waals surface area contributed by atoms with Crippen LogP contribution < -0.4 is 5.32 Å². The highest BCUT2D eigenvalue weighted by Gasteiger charge is 2.07. The van der Waals surface area contributed by atoms with Crippen molar-refractivity contribution in [3.63, 3.8) is 0 Å². The van der Waals surface area contributed by atoms with Gasteiger partial charge in [0, 0.05) is 18.1 Å². The third kappa shape index (κ3) is 2.81. The van der Waals surface area contributed by atoms with Gasteiger partial charge in [-0.1, -0.05) is 12.1 Å². The summed E-state index contributed by atoms with van der Waals surface area (Å²) < 4.78 is 0. The number of hydrogen-bond acceptors (Lipinski definition) is 3. The van der Waals surface area contributed by atoms with Crippen molar-refractivity contribution in [1.82, 2.24) is 9.97 Å². The zero-order valence-corrected chi connectivity index (χ0v) is 10.4. The summed E-state index contributed by atoms with van der Waals surface area (Å²) in [5, 5.41) is 3.46. The first kappa shape index (κ1) is 11.6. The molecule has 0 fully saturated rings. The standard InChI is InChI=1S/C14H17N3/c1-10-4-5-11(2)13(8-10)17-12(3)14-9-15-6-7-16-14/h4-9,12,17H,1-3H3. The molecule has 0 bridgehead atoms. The van der Waals surface area contributed by atoms with E-state index in [1.54, 1.807) is 18.6 Å². The predicted octanol–water partition coefficient (Wildman–Crippen LogP) is 3.27. The van der Waals surface area contributed by atoms with Crippen molar-refractivity contribution in [2.24, 2.45) is 0 Å². The van der Waals surface area contributed by atoms with Crippen LogP contribution in [0.4, 0.5) is 5.69 Å². The van der Waals surface area contributed by atoms with Crippen molar-refractivity contribution >= 4 is 5.69 Å². The molecule has 1 aromatic heterocycles. The Bertz CT molecular complexity index is 494. The summed E-state index contributed by atoms with van der Waals surface area (Å²) in [7, 11) is 0. The number of aryl methyl sites for hydroxylation is 2. The van der Waals surface area contributed by atoms with Crippen LogP contribution in [0.5, 0.6) is 0 Å². The van der Waals surface area contributed by atoms with Gasteiger partial charge in [-0.25, -0.2) is 0 Å². The van der Waals surface area contributed by atoms with E-state index < -0.39 is 0 Å². The Hall–Kier alpha value is -1.90. The van der Waals surface area contributed by atoms with Gasteiger partial charge >= 0.3 is 0 Å². The van der Waals surface area contributed by atoms with E-state index in [1.807, 2.05) is 0 Å². The van der Waals surface area contributed by atoms with Crippen LogP contribution in [-0.2, 0) is 0 Å². The molecular formula is C14H17N3. The molecule has 88 valence electrons. The number of rotatable bonds is 3. The maximum Gasteiger partial charge on any atom is 0.0806 e. The second kappa shape index (κ2) is 4.95. The lowest BCUT2D eigenvalue weighted by atomic mass is 10.1. The van der Waals surface area contributed by atoms with Crippen LogP contribution in [0.1, 0.15) is 29.8 Å². The molecule has 0 aliphatic heterocycles. The summed E-state index contributed by atoms with van der Waals surface area (Å²) in [6.45, 7) is 6.29. The molecule has 3 heteroatoms. The van der Waals surface area contributed by atoms with Gasteiger partial charge in [-0.15, -0.1) is 0 Å². The van der Waals surface area contributed by atoms with Gasteiger partial charge in [-0.05, 0) is 38.0 Å². The Labute approximate surface area is 102 Å². The summed E-state index contributed by atoms with van der Waals surface area (Å²) in [5.74, 6) is 0. The molecule has 0 amide bonds. The first-order chi connectivity index (χ1) is 8.16. The topological polar surface area (TPSA) is 37.8 Å². The fourth-order valence-electron chi connectivity index (χ4n) is 1.73. The summed E-state index contributed by atoms with van der Waals surface area (Å²) >= 11 is 0. The van der Waals surface area contributed by atoms with E-state index in [0.29, 0.717) is 0 Å². The number of aromatic nitrogens is 2. The van der Waals surface area contributed by atoms with Crippen molar-refractivity contribution < 1.29 is 0 Å². The van der Waals surface area contributed by atoms with E-state index in [4.69, 9.17) is 0 Å². The lowest BCUT2D eigenvalue weighted by molar-refractivity contribution is 0.826. The molecule has 0 saturated carbocycles. The minimum atomic E-state index is 0.157. The minimum Gasteiger partial charge on any atom is -0.377 e. The number of benzene rings is 1. The van der Waals surface area contributed by atoms with Gasteiger partial charge in [0.15, 0.2) is 0 Å². The number of anilines is 1. The Kier molecular flexibility index (Phi) is 3.38. The normalized spacial score (nSPS) is 12.2. The van der Waals surface area contributed by atoms with Gasteiger partial charge in [-0.2, -0.15) is 0 Å². The first-order valence-corrected chi connectivity index (χ1v) is 5.76. The number of nitrogens with zero attached hydrogens (tertiary/aromatic N) is 2. The highest BCUT2D eigenvalue weighted by atomic mass is 14.9. The van der Waals surface area contributed by atoms with E-state index in [2.05, 4.69) is 54.3 Å². The Balaban J connectivity index is 2.18. The van der Waals surface area contributed by atoms with Gasteiger partial charge in [-0.3, -0.25) is 9.97 Å². The third-order valence-corrected chi connectivity index (χ3v) is 2.79. The summed E-state index contributed by atoms with van der Waals surface area (Å²) in [4.78, 5) is 8.39. The van der Waals surface area contributed by atoms with Gasteiger partial charge in [0.05, 0.1) is 17.9 Å². The Morgan fingerprint density at radius 2 is 2.00 bits per heavy atom. The van der Waals surface area contributed by atoms with Crippen molar-refractivity contribution in [3.05, 3.63) is 53.6 Å². The second-order valence-corrected chi connectivity index (χ2v) is 4.31. The van der Waals surface area contributed by atoms with Crippen molar-refractivity contribution in [2.45, 2.75) is 26.8 Å². The van der Waals surface area contributed by atoms with Crippen LogP contribution in [0.3, 0.4) is 0 Å². The zero-order valence-electron chi connectivity index (χ0n) is 10.4. The SMILES string of the molecule is Cc1ccc(C)c(NC(C)c2cnccn2)c1. The molecule has 0 radical (unpaired) electrons. The lowest BCUT2D eigenvalue weighted by Crippen LogP contribution is -2.09. The summed E-state index contributed by atoms with van der Waals surface area (Å²) in [5.41, 5.74) is 4.60. The quantitative estimate of drug-likeness (QED) is 0.874. The number of hydrogen-bond donors (Lipinski definition) is 1. The van der Waals surface area contributed by atoms with Crippen LogP contribution in [0.15, 0.2) is 36.8 Å². The zero-order chi connectivity index (χ0) is 12.3.